The van der Waals surface area contributed by atoms with Crippen molar-refractivity contribution < 1.29 is 0 Å². The zero-order valence-corrected chi connectivity index (χ0v) is 7.96. The van der Waals surface area contributed by atoms with Crippen LogP contribution in [0.5, 0.6) is 0 Å². The molecule has 3 heteroatoms. The maximum Gasteiger partial charge on any atom is 0.105 e. The standard InChI is InChI=1S/C10H16N3/c1-8-7-9(3-6-11-8)10-12-4-2-5-13-10/h2,4-5,8-9,11H,3,6-7H2,1H3,(H,12,13). The summed E-state index contributed by atoms with van der Waals surface area (Å²) in [6, 6.07) is 0.620. The molecule has 2 unspecified atom stereocenters. The normalized spacial score (nSPS) is 33.8. The van der Waals surface area contributed by atoms with Crippen molar-refractivity contribution in [2.75, 3.05) is 6.54 Å². The van der Waals surface area contributed by atoms with E-state index in [-0.39, 0.29) is 0 Å². The molecular formula is C10H16N3. The average Bonchev–Trinajstić information content (AvgIpc) is 2.19. The van der Waals surface area contributed by atoms with Crippen LogP contribution in [-0.4, -0.2) is 18.4 Å². The minimum atomic E-state index is 0.609. The molecule has 71 valence electrons. The number of aliphatic imine (C=N–C) groups is 1. The second-order valence-corrected chi connectivity index (χ2v) is 3.74. The number of rotatable bonds is 1. The molecule has 0 saturated carbocycles. The van der Waals surface area contributed by atoms with Gasteiger partial charge in [0.15, 0.2) is 0 Å². The molecule has 1 saturated heterocycles. The Labute approximate surface area is 79.3 Å². The average molecular weight is 178 g/mol. The van der Waals surface area contributed by atoms with Crippen LogP contribution in [-0.2, 0) is 0 Å². The van der Waals surface area contributed by atoms with Crippen molar-refractivity contribution in [2.45, 2.75) is 25.8 Å². The second kappa shape index (κ2) is 3.92. The van der Waals surface area contributed by atoms with E-state index in [1.165, 1.54) is 12.8 Å². The summed E-state index contributed by atoms with van der Waals surface area (Å²) in [6.07, 6.45) is 6.16. The molecular weight excluding hydrogens is 162 g/mol. The van der Waals surface area contributed by atoms with Crippen LogP contribution in [0.25, 0.3) is 0 Å². The number of nitrogens with zero attached hydrogens (tertiary/aromatic N) is 1. The molecule has 13 heavy (non-hydrogen) atoms. The minimum Gasteiger partial charge on any atom is -0.365 e. The molecule has 1 radical (unpaired) electrons. The van der Waals surface area contributed by atoms with Gasteiger partial charge in [0.1, 0.15) is 5.84 Å². The number of hydrogen-bond donors (Lipinski definition) is 2. The quantitative estimate of drug-likeness (QED) is 0.629. The van der Waals surface area contributed by atoms with Gasteiger partial charge in [0.2, 0.25) is 0 Å². The van der Waals surface area contributed by atoms with Crippen LogP contribution in [0.1, 0.15) is 19.8 Å². The second-order valence-electron chi connectivity index (χ2n) is 3.74. The summed E-state index contributed by atoms with van der Waals surface area (Å²) >= 11 is 0. The van der Waals surface area contributed by atoms with E-state index < -0.39 is 0 Å². The van der Waals surface area contributed by atoms with Crippen molar-refractivity contribution in [2.24, 2.45) is 10.9 Å². The van der Waals surface area contributed by atoms with E-state index in [9.17, 15) is 0 Å². The Morgan fingerprint density at radius 2 is 2.46 bits per heavy atom. The fraction of sp³-hybridized carbons (Fsp3) is 0.600. The predicted molar refractivity (Wildman–Crippen MR) is 54.2 cm³/mol. The first-order valence-corrected chi connectivity index (χ1v) is 4.92. The highest BCUT2D eigenvalue weighted by Crippen LogP contribution is 2.18. The highest BCUT2D eigenvalue weighted by atomic mass is 15.0. The lowest BCUT2D eigenvalue weighted by Gasteiger charge is -2.29. The molecule has 2 aliphatic heterocycles. The van der Waals surface area contributed by atoms with Crippen LogP contribution < -0.4 is 10.6 Å². The largest absolute Gasteiger partial charge is 0.365 e. The van der Waals surface area contributed by atoms with Crippen LogP contribution in [0.3, 0.4) is 0 Å². The molecule has 3 nitrogen and oxygen atoms in total. The monoisotopic (exact) mass is 178 g/mol. The van der Waals surface area contributed by atoms with Gasteiger partial charge in [-0.1, -0.05) is 0 Å². The Bertz CT molecular complexity index is 232. The summed E-state index contributed by atoms with van der Waals surface area (Å²) < 4.78 is 0. The molecule has 1 fully saturated rings. The van der Waals surface area contributed by atoms with Gasteiger partial charge < -0.3 is 10.6 Å². The third-order valence-electron chi connectivity index (χ3n) is 2.64. The van der Waals surface area contributed by atoms with Crippen molar-refractivity contribution in [1.29, 1.82) is 0 Å². The third kappa shape index (κ3) is 2.10. The predicted octanol–water partition coefficient (Wildman–Crippen LogP) is 1.05. The summed E-state index contributed by atoms with van der Waals surface area (Å²) in [4.78, 5) is 4.35. The van der Waals surface area contributed by atoms with E-state index in [1.807, 2.05) is 18.8 Å². The molecule has 0 bridgehead atoms. The first kappa shape index (κ1) is 8.75. The Morgan fingerprint density at radius 1 is 1.54 bits per heavy atom. The lowest BCUT2D eigenvalue weighted by molar-refractivity contribution is 0.373. The minimum absolute atomic E-state index is 0.609. The fourth-order valence-corrected chi connectivity index (χ4v) is 1.94. The molecule has 0 aliphatic carbocycles. The smallest absolute Gasteiger partial charge is 0.105 e. The summed E-state index contributed by atoms with van der Waals surface area (Å²) in [7, 11) is 0. The molecule has 2 atom stereocenters. The number of amidine groups is 1. The van der Waals surface area contributed by atoms with Crippen molar-refractivity contribution in [1.82, 2.24) is 10.6 Å². The zero-order chi connectivity index (χ0) is 9.10. The Balaban J connectivity index is 1.98. The lowest BCUT2D eigenvalue weighted by Crippen LogP contribution is -2.42. The van der Waals surface area contributed by atoms with Crippen LogP contribution in [0, 0.1) is 12.5 Å². The molecule has 2 aliphatic rings. The first-order valence-electron chi connectivity index (χ1n) is 4.92. The van der Waals surface area contributed by atoms with E-state index in [1.54, 1.807) is 0 Å². The molecule has 2 rings (SSSR count). The van der Waals surface area contributed by atoms with Gasteiger partial charge in [-0.2, -0.15) is 0 Å². The van der Waals surface area contributed by atoms with E-state index >= 15 is 0 Å². The lowest BCUT2D eigenvalue weighted by atomic mass is 9.92. The van der Waals surface area contributed by atoms with Gasteiger partial charge in [0.05, 0.1) is 6.54 Å². The first-order chi connectivity index (χ1) is 6.36. The highest BCUT2D eigenvalue weighted by molar-refractivity contribution is 5.86. The number of nitrogens with one attached hydrogen (secondary N) is 2. The topological polar surface area (TPSA) is 36.4 Å². The van der Waals surface area contributed by atoms with Crippen molar-refractivity contribution in [3.8, 4) is 0 Å². The van der Waals surface area contributed by atoms with E-state index in [0.717, 1.165) is 12.4 Å². The Kier molecular flexibility index (Phi) is 2.64. The SMILES string of the molecule is CC1CC(C2=NC=C[CH]N2)CCN1. The highest BCUT2D eigenvalue weighted by Gasteiger charge is 2.22. The van der Waals surface area contributed by atoms with Gasteiger partial charge in [-0.25, -0.2) is 4.99 Å². The van der Waals surface area contributed by atoms with Gasteiger partial charge in [-0.05, 0) is 32.4 Å². The fourth-order valence-electron chi connectivity index (χ4n) is 1.94. The van der Waals surface area contributed by atoms with E-state index in [4.69, 9.17) is 0 Å². The van der Waals surface area contributed by atoms with Crippen LogP contribution >= 0.6 is 0 Å². The third-order valence-corrected chi connectivity index (χ3v) is 2.64. The number of piperidine rings is 1. The van der Waals surface area contributed by atoms with Gasteiger partial charge >= 0.3 is 0 Å². The number of hydrogen-bond acceptors (Lipinski definition) is 3. The maximum atomic E-state index is 4.35. The van der Waals surface area contributed by atoms with E-state index in [2.05, 4.69) is 22.5 Å². The Hall–Kier alpha value is -0.830. The van der Waals surface area contributed by atoms with Crippen molar-refractivity contribution >= 4 is 5.84 Å². The zero-order valence-electron chi connectivity index (χ0n) is 7.96. The molecule has 0 amide bonds. The summed E-state index contributed by atoms with van der Waals surface area (Å²) in [5.74, 6) is 1.74. The summed E-state index contributed by atoms with van der Waals surface area (Å²) in [5, 5.41) is 6.66. The molecule has 2 heterocycles. The van der Waals surface area contributed by atoms with Crippen LogP contribution in [0.15, 0.2) is 17.3 Å². The van der Waals surface area contributed by atoms with Crippen molar-refractivity contribution in [3.05, 3.63) is 18.8 Å². The van der Waals surface area contributed by atoms with Crippen LogP contribution in [0.2, 0.25) is 0 Å². The maximum absolute atomic E-state index is 4.35. The molecule has 0 aromatic heterocycles. The molecule has 0 aromatic rings. The molecule has 0 aromatic carbocycles. The summed E-state index contributed by atoms with van der Waals surface area (Å²) in [6.45, 7) is 5.29. The van der Waals surface area contributed by atoms with Crippen molar-refractivity contribution in [3.63, 3.8) is 0 Å². The van der Waals surface area contributed by atoms with Gasteiger partial charge in [0.25, 0.3) is 0 Å². The molecule has 2 N–H and O–H groups in total. The van der Waals surface area contributed by atoms with Gasteiger partial charge in [-0.15, -0.1) is 0 Å². The van der Waals surface area contributed by atoms with Crippen LogP contribution in [0.4, 0.5) is 0 Å². The van der Waals surface area contributed by atoms with Gasteiger partial charge in [0, 0.05) is 18.2 Å². The Morgan fingerprint density at radius 3 is 3.15 bits per heavy atom. The summed E-state index contributed by atoms with van der Waals surface area (Å²) in [5.41, 5.74) is 0. The van der Waals surface area contributed by atoms with Gasteiger partial charge in [-0.3, -0.25) is 0 Å². The van der Waals surface area contributed by atoms with E-state index in [0.29, 0.717) is 12.0 Å². The molecule has 0 spiro atoms.